The Morgan fingerprint density at radius 2 is 1.86 bits per heavy atom. The lowest BCUT2D eigenvalue weighted by atomic mass is 9.88. The van der Waals surface area contributed by atoms with E-state index in [9.17, 15) is 19.2 Å². The molecule has 9 heteroatoms. The van der Waals surface area contributed by atoms with Crippen molar-refractivity contribution in [3.05, 3.63) is 53.3 Å². The van der Waals surface area contributed by atoms with Crippen molar-refractivity contribution in [2.45, 2.75) is 63.6 Å². The maximum atomic E-state index is 13.7. The molecule has 2 aromatic rings. The summed E-state index contributed by atoms with van der Waals surface area (Å²) in [7, 11) is 0. The van der Waals surface area contributed by atoms with Gasteiger partial charge >= 0.3 is 6.09 Å². The normalized spacial score (nSPS) is 17.1. The molecule has 2 aromatic carbocycles. The monoisotopic (exact) mass is 509 g/mol. The molecule has 1 unspecified atom stereocenters. The van der Waals surface area contributed by atoms with E-state index in [-0.39, 0.29) is 25.1 Å². The highest BCUT2D eigenvalue weighted by Crippen LogP contribution is 2.36. The van der Waals surface area contributed by atoms with Gasteiger partial charge in [0.15, 0.2) is 0 Å². The van der Waals surface area contributed by atoms with Gasteiger partial charge in [-0.05, 0) is 49.6 Å². The highest BCUT2D eigenvalue weighted by Gasteiger charge is 2.43. The minimum Gasteiger partial charge on any atom is -0.492 e. The summed E-state index contributed by atoms with van der Waals surface area (Å²) in [5.41, 5.74) is 1.74. The summed E-state index contributed by atoms with van der Waals surface area (Å²) in [6.07, 6.45) is 0.771. The van der Waals surface area contributed by atoms with Crippen LogP contribution in [0.4, 0.5) is 9.18 Å². The third-order valence-corrected chi connectivity index (χ3v) is 6.45. The number of ether oxygens (including phenoxy) is 3. The topological polar surface area (TPSA) is 110 Å². The molecule has 0 saturated carbocycles. The van der Waals surface area contributed by atoms with E-state index in [1.807, 2.05) is 18.2 Å². The van der Waals surface area contributed by atoms with Gasteiger partial charge in [0.1, 0.15) is 28.7 Å². The van der Waals surface area contributed by atoms with Gasteiger partial charge in [0.25, 0.3) is 0 Å². The van der Waals surface area contributed by atoms with Gasteiger partial charge in [-0.1, -0.05) is 18.2 Å². The molecule has 2 aliphatic rings. The summed E-state index contributed by atoms with van der Waals surface area (Å²) in [5, 5.41) is 15.4. The molecule has 2 amide bonds. The summed E-state index contributed by atoms with van der Waals surface area (Å²) in [6, 6.07) is 11.7. The number of carbonyl (C=O) groups excluding carboxylic acids is 2. The molecule has 2 N–H and O–H groups in total. The maximum Gasteiger partial charge on any atom is 0.408 e. The molecule has 2 heterocycles. The number of halogens is 1. The second kappa shape index (κ2) is 10.8. The fourth-order valence-corrected chi connectivity index (χ4v) is 4.64. The van der Waals surface area contributed by atoms with Crippen LogP contribution in [0, 0.1) is 17.1 Å². The number of fused-ring (bicyclic) bond motifs is 3. The van der Waals surface area contributed by atoms with Crippen LogP contribution in [-0.2, 0) is 27.1 Å². The summed E-state index contributed by atoms with van der Waals surface area (Å²) in [6.45, 7) is 6.26. The van der Waals surface area contributed by atoms with Gasteiger partial charge in [0, 0.05) is 50.5 Å². The second-order valence-corrected chi connectivity index (χ2v) is 10.4. The van der Waals surface area contributed by atoms with E-state index < -0.39 is 29.2 Å². The average Bonchev–Trinajstić information content (AvgIpc) is 3.01. The molecule has 1 saturated heterocycles. The molecule has 8 nitrogen and oxygen atoms in total. The van der Waals surface area contributed by atoms with Crippen molar-refractivity contribution in [1.82, 2.24) is 10.6 Å². The van der Waals surface area contributed by atoms with Crippen molar-refractivity contribution in [2.75, 3.05) is 19.8 Å². The smallest absolute Gasteiger partial charge is 0.408 e. The Labute approximate surface area is 216 Å². The lowest BCUT2D eigenvalue weighted by molar-refractivity contribution is -0.132. The van der Waals surface area contributed by atoms with Gasteiger partial charge in [-0.3, -0.25) is 4.79 Å². The van der Waals surface area contributed by atoms with Crippen molar-refractivity contribution >= 4 is 12.0 Å². The van der Waals surface area contributed by atoms with Crippen LogP contribution in [0.1, 0.15) is 44.7 Å². The standard InChI is InChI=1S/C28H32FN3O5/c1-27(2,3)37-26(34)32-28(9-12-35-13-10-28)25(33)31-21(17-30)15-18-4-6-22-19(14-18)8-11-36-24-16-20(29)5-7-23(22)24/h4-7,14,16,21H,8-13,15H2,1-3H3,(H,31,33)(H,32,34). The second-order valence-electron chi connectivity index (χ2n) is 10.4. The third-order valence-electron chi connectivity index (χ3n) is 6.45. The van der Waals surface area contributed by atoms with E-state index in [0.29, 0.717) is 32.0 Å². The number of carbonyl (C=O) groups is 2. The van der Waals surface area contributed by atoms with Crippen molar-refractivity contribution in [3.8, 4) is 22.9 Å². The maximum absolute atomic E-state index is 13.7. The zero-order valence-corrected chi connectivity index (χ0v) is 21.4. The average molecular weight is 510 g/mol. The fourth-order valence-electron chi connectivity index (χ4n) is 4.64. The first-order valence-electron chi connectivity index (χ1n) is 12.4. The van der Waals surface area contributed by atoms with Gasteiger partial charge in [-0.15, -0.1) is 0 Å². The van der Waals surface area contributed by atoms with Crippen LogP contribution in [0.3, 0.4) is 0 Å². The van der Waals surface area contributed by atoms with E-state index in [1.165, 1.54) is 12.1 Å². The number of nitrogens with zero attached hydrogens (tertiary/aromatic N) is 1. The molecule has 0 aliphatic carbocycles. The number of rotatable bonds is 5. The van der Waals surface area contributed by atoms with Crippen LogP contribution in [0.2, 0.25) is 0 Å². The van der Waals surface area contributed by atoms with Crippen LogP contribution in [0.15, 0.2) is 36.4 Å². The summed E-state index contributed by atoms with van der Waals surface area (Å²) in [4.78, 5) is 25.9. The number of nitriles is 1. The van der Waals surface area contributed by atoms with E-state index in [2.05, 4.69) is 16.7 Å². The van der Waals surface area contributed by atoms with Crippen molar-refractivity contribution in [2.24, 2.45) is 0 Å². The van der Waals surface area contributed by atoms with E-state index in [4.69, 9.17) is 14.2 Å². The Hall–Kier alpha value is -3.64. The number of amides is 2. The number of hydrogen-bond donors (Lipinski definition) is 2. The van der Waals surface area contributed by atoms with E-state index in [1.54, 1.807) is 26.8 Å². The summed E-state index contributed by atoms with van der Waals surface area (Å²) < 4.78 is 30.2. The lowest BCUT2D eigenvalue weighted by Gasteiger charge is -2.37. The molecular formula is C28H32FN3O5. The van der Waals surface area contributed by atoms with Crippen LogP contribution in [-0.4, -0.2) is 49.0 Å². The van der Waals surface area contributed by atoms with Crippen LogP contribution >= 0.6 is 0 Å². The minimum absolute atomic E-state index is 0.273. The Bertz CT molecular complexity index is 1210. The molecule has 37 heavy (non-hydrogen) atoms. The number of alkyl carbamates (subject to hydrolysis) is 1. The number of nitrogens with one attached hydrogen (secondary N) is 2. The first-order chi connectivity index (χ1) is 17.6. The quantitative estimate of drug-likeness (QED) is 0.629. The van der Waals surface area contributed by atoms with Crippen LogP contribution in [0.25, 0.3) is 11.1 Å². The van der Waals surface area contributed by atoms with Gasteiger partial charge in [0.2, 0.25) is 5.91 Å². The van der Waals surface area contributed by atoms with E-state index in [0.717, 1.165) is 22.3 Å². The van der Waals surface area contributed by atoms with Gasteiger partial charge in [0.05, 0.1) is 12.7 Å². The van der Waals surface area contributed by atoms with Gasteiger partial charge in [-0.2, -0.15) is 5.26 Å². The van der Waals surface area contributed by atoms with Crippen molar-refractivity contribution in [3.63, 3.8) is 0 Å². The SMILES string of the molecule is CC(C)(C)OC(=O)NC1(C(=O)NC(C#N)Cc2ccc3c(c2)CCOc2cc(F)ccc2-3)CCOCC1. The molecular weight excluding hydrogens is 477 g/mol. The van der Waals surface area contributed by atoms with E-state index >= 15 is 0 Å². The predicted octanol–water partition coefficient (Wildman–Crippen LogP) is 4.05. The molecule has 196 valence electrons. The Balaban J connectivity index is 1.49. The number of benzene rings is 2. The number of hydrogen-bond acceptors (Lipinski definition) is 6. The molecule has 0 radical (unpaired) electrons. The largest absolute Gasteiger partial charge is 0.492 e. The highest BCUT2D eigenvalue weighted by atomic mass is 19.1. The molecule has 0 spiro atoms. The lowest BCUT2D eigenvalue weighted by Crippen LogP contribution is -2.63. The molecule has 0 bridgehead atoms. The Morgan fingerprint density at radius 3 is 2.57 bits per heavy atom. The molecule has 4 rings (SSSR count). The Morgan fingerprint density at radius 1 is 1.14 bits per heavy atom. The van der Waals surface area contributed by atoms with Crippen molar-refractivity contribution in [1.29, 1.82) is 5.26 Å². The first kappa shape index (κ1) is 26.4. The van der Waals surface area contributed by atoms with Gasteiger partial charge in [-0.25, -0.2) is 9.18 Å². The third kappa shape index (κ3) is 6.38. The summed E-state index contributed by atoms with van der Waals surface area (Å²) in [5.74, 6) is -0.282. The molecule has 2 aliphatic heterocycles. The molecule has 1 atom stereocenters. The first-order valence-corrected chi connectivity index (χ1v) is 12.4. The van der Waals surface area contributed by atoms with Gasteiger partial charge < -0.3 is 24.8 Å². The van der Waals surface area contributed by atoms with Crippen molar-refractivity contribution < 1.29 is 28.2 Å². The fraction of sp³-hybridized carbons (Fsp3) is 0.464. The predicted molar refractivity (Wildman–Crippen MR) is 134 cm³/mol. The Kier molecular flexibility index (Phi) is 7.69. The summed E-state index contributed by atoms with van der Waals surface area (Å²) >= 11 is 0. The van der Waals surface area contributed by atoms with Crippen LogP contribution in [0.5, 0.6) is 5.75 Å². The van der Waals surface area contributed by atoms with Crippen LogP contribution < -0.4 is 15.4 Å². The minimum atomic E-state index is -1.22. The molecule has 1 fully saturated rings. The zero-order valence-electron chi connectivity index (χ0n) is 21.4. The zero-order chi connectivity index (χ0) is 26.6. The highest BCUT2D eigenvalue weighted by molar-refractivity contribution is 5.90. The molecule has 0 aromatic heterocycles.